The predicted octanol–water partition coefficient (Wildman–Crippen LogP) is 2.80. The van der Waals surface area contributed by atoms with Crippen molar-refractivity contribution in [3.8, 4) is 0 Å². The summed E-state index contributed by atoms with van der Waals surface area (Å²) < 4.78 is 5.88. The first-order valence-corrected chi connectivity index (χ1v) is 7.21. The van der Waals surface area contributed by atoms with Crippen LogP contribution in [0.4, 0.5) is 6.01 Å². The number of para-hydroxylation sites is 2. The normalized spacial score (nSPS) is 19.4. The third-order valence-corrected chi connectivity index (χ3v) is 3.71. The summed E-state index contributed by atoms with van der Waals surface area (Å²) in [5.74, 6) is 0. The Kier molecular flexibility index (Phi) is 3.69. The van der Waals surface area contributed by atoms with Crippen molar-refractivity contribution >= 4 is 17.1 Å². The first kappa shape index (κ1) is 12.5. The summed E-state index contributed by atoms with van der Waals surface area (Å²) in [6, 6.07) is 9.26. The first-order chi connectivity index (χ1) is 9.38. The molecule has 19 heavy (non-hydrogen) atoms. The fourth-order valence-corrected chi connectivity index (χ4v) is 2.73. The van der Waals surface area contributed by atoms with E-state index in [-0.39, 0.29) is 0 Å². The number of benzene rings is 1. The molecule has 0 saturated carbocycles. The topological polar surface area (TPSA) is 41.3 Å². The minimum atomic E-state index is 0.514. The Morgan fingerprint density at radius 3 is 3.16 bits per heavy atom. The van der Waals surface area contributed by atoms with E-state index < -0.39 is 0 Å². The molecule has 1 fully saturated rings. The van der Waals surface area contributed by atoms with Crippen LogP contribution in [0, 0.1) is 0 Å². The van der Waals surface area contributed by atoms with E-state index in [2.05, 4.69) is 22.1 Å². The molecule has 1 saturated heterocycles. The molecule has 0 spiro atoms. The molecule has 4 heteroatoms. The zero-order chi connectivity index (χ0) is 13.1. The second kappa shape index (κ2) is 5.61. The number of rotatable bonds is 5. The number of nitrogens with one attached hydrogen (secondary N) is 1. The van der Waals surface area contributed by atoms with Gasteiger partial charge in [0.2, 0.25) is 0 Å². The Balaban J connectivity index is 1.76. The van der Waals surface area contributed by atoms with Crippen LogP contribution >= 0.6 is 0 Å². The lowest BCUT2D eigenvalue weighted by Crippen LogP contribution is -2.38. The minimum Gasteiger partial charge on any atom is -0.423 e. The summed E-state index contributed by atoms with van der Waals surface area (Å²) in [6.07, 6.45) is 3.61. The van der Waals surface area contributed by atoms with Crippen LogP contribution in [0.25, 0.3) is 11.1 Å². The molecule has 1 atom stereocenters. The van der Waals surface area contributed by atoms with E-state index in [1.54, 1.807) is 0 Å². The van der Waals surface area contributed by atoms with Gasteiger partial charge in [-0.15, -0.1) is 0 Å². The Hall–Kier alpha value is -1.55. The molecule has 0 amide bonds. The van der Waals surface area contributed by atoms with Crippen LogP contribution < -0.4 is 10.2 Å². The van der Waals surface area contributed by atoms with E-state index in [4.69, 9.17) is 4.42 Å². The van der Waals surface area contributed by atoms with Gasteiger partial charge >= 0.3 is 0 Å². The SMILES string of the molecule is CCCNCC1CCCN1c1nc2ccccc2o1. The van der Waals surface area contributed by atoms with Crippen LogP contribution in [0.1, 0.15) is 26.2 Å². The van der Waals surface area contributed by atoms with Gasteiger partial charge in [0.1, 0.15) is 5.52 Å². The predicted molar refractivity (Wildman–Crippen MR) is 77.5 cm³/mol. The zero-order valence-corrected chi connectivity index (χ0v) is 11.4. The van der Waals surface area contributed by atoms with Gasteiger partial charge in [0, 0.05) is 19.1 Å². The number of fused-ring (bicyclic) bond motifs is 1. The van der Waals surface area contributed by atoms with E-state index in [0.29, 0.717) is 6.04 Å². The molecule has 0 bridgehead atoms. The zero-order valence-electron chi connectivity index (χ0n) is 11.4. The summed E-state index contributed by atoms with van der Waals surface area (Å²) in [5.41, 5.74) is 1.83. The van der Waals surface area contributed by atoms with Crippen LogP contribution in [-0.4, -0.2) is 30.7 Å². The van der Waals surface area contributed by atoms with Gasteiger partial charge in [-0.2, -0.15) is 4.98 Å². The molecule has 1 aromatic heterocycles. The minimum absolute atomic E-state index is 0.514. The quantitative estimate of drug-likeness (QED) is 0.838. The molecule has 0 radical (unpaired) electrons. The van der Waals surface area contributed by atoms with Gasteiger partial charge in [-0.3, -0.25) is 0 Å². The number of anilines is 1. The van der Waals surface area contributed by atoms with Gasteiger partial charge in [0.15, 0.2) is 5.58 Å². The Labute approximate surface area is 113 Å². The highest BCUT2D eigenvalue weighted by molar-refractivity contribution is 5.74. The summed E-state index contributed by atoms with van der Waals surface area (Å²) in [6.45, 7) is 5.34. The maximum absolute atomic E-state index is 5.88. The molecule has 102 valence electrons. The maximum atomic E-state index is 5.88. The van der Waals surface area contributed by atoms with Crippen molar-refractivity contribution < 1.29 is 4.42 Å². The van der Waals surface area contributed by atoms with Gasteiger partial charge in [0.25, 0.3) is 6.01 Å². The summed E-state index contributed by atoms with van der Waals surface area (Å²) in [5, 5.41) is 3.50. The number of nitrogens with zero attached hydrogens (tertiary/aromatic N) is 2. The molecule has 3 rings (SSSR count). The Morgan fingerprint density at radius 1 is 1.42 bits per heavy atom. The van der Waals surface area contributed by atoms with Gasteiger partial charge < -0.3 is 14.6 Å². The van der Waals surface area contributed by atoms with Gasteiger partial charge in [-0.05, 0) is 37.9 Å². The second-order valence-corrected chi connectivity index (χ2v) is 5.16. The third-order valence-electron chi connectivity index (χ3n) is 3.71. The highest BCUT2D eigenvalue weighted by atomic mass is 16.4. The van der Waals surface area contributed by atoms with Crippen molar-refractivity contribution in [2.75, 3.05) is 24.5 Å². The molecule has 1 unspecified atom stereocenters. The van der Waals surface area contributed by atoms with E-state index >= 15 is 0 Å². The van der Waals surface area contributed by atoms with Gasteiger partial charge in [0.05, 0.1) is 0 Å². The molecule has 1 aromatic carbocycles. The summed E-state index contributed by atoms with van der Waals surface area (Å²) in [7, 11) is 0. The standard InChI is InChI=1S/C15H21N3O/c1-2-9-16-11-12-6-5-10-18(12)15-17-13-7-3-4-8-14(13)19-15/h3-4,7-8,12,16H,2,5-6,9-11H2,1H3. The second-order valence-electron chi connectivity index (χ2n) is 5.16. The van der Waals surface area contributed by atoms with Crippen molar-refractivity contribution in [3.63, 3.8) is 0 Å². The molecule has 1 aliphatic heterocycles. The maximum Gasteiger partial charge on any atom is 0.298 e. The Bertz CT molecular complexity index is 504. The molecule has 4 nitrogen and oxygen atoms in total. The van der Waals surface area contributed by atoms with Crippen LogP contribution in [0.5, 0.6) is 0 Å². The van der Waals surface area contributed by atoms with E-state index in [0.717, 1.165) is 36.7 Å². The molecule has 2 aromatic rings. The van der Waals surface area contributed by atoms with E-state index in [1.807, 2.05) is 24.3 Å². The number of hydrogen-bond acceptors (Lipinski definition) is 4. The number of oxazole rings is 1. The smallest absolute Gasteiger partial charge is 0.298 e. The highest BCUT2D eigenvalue weighted by Crippen LogP contribution is 2.27. The van der Waals surface area contributed by atoms with Gasteiger partial charge in [-0.1, -0.05) is 19.1 Å². The van der Waals surface area contributed by atoms with Crippen molar-refractivity contribution in [1.82, 2.24) is 10.3 Å². The average Bonchev–Trinajstić information content (AvgIpc) is 3.04. The molecule has 2 heterocycles. The largest absolute Gasteiger partial charge is 0.423 e. The van der Waals surface area contributed by atoms with Crippen LogP contribution in [0.15, 0.2) is 28.7 Å². The van der Waals surface area contributed by atoms with Crippen molar-refractivity contribution in [2.45, 2.75) is 32.2 Å². The Morgan fingerprint density at radius 2 is 2.32 bits per heavy atom. The summed E-state index contributed by atoms with van der Waals surface area (Å²) >= 11 is 0. The molecule has 1 aliphatic rings. The molecular formula is C15H21N3O. The molecule has 0 aliphatic carbocycles. The van der Waals surface area contributed by atoms with E-state index in [9.17, 15) is 0 Å². The van der Waals surface area contributed by atoms with Crippen molar-refractivity contribution in [1.29, 1.82) is 0 Å². The fourth-order valence-electron chi connectivity index (χ4n) is 2.73. The van der Waals surface area contributed by atoms with Crippen LogP contribution in [0.3, 0.4) is 0 Å². The lowest BCUT2D eigenvalue weighted by atomic mass is 10.2. The monoisotopic (exact) mass is 259 g/mol. The highest BCUT2D eigenvalue weighted by Gasteiger charge is 2.27. The van der Waals surface area contributed by atoms with Crippen LogP contribution in [0.2, 0.25) is 0 Å². The number of aromatic nitrogens is 1. The summed E-state index contributed by atoms with van der Waals surface area (Å²) in [4.78, 5) is 6.91. The van der Waals surface area contributed by atoms with Crippen molar-refractivity contribution in [3.05, 3.63) is 24.3 Å². The van der Waals surface area contributed by atoms with Gasteiger partial charge in [-0.25, -0.2) is 0 Å². The first-order valence-electron chi connectivity index (χ1n) is 7.21. The van der Waals surface area contributed by atoms with Crippen LogP contribution in [-0.2, 0) is 0 Å². The third kappa shape index (κ3) is 2.59. The van der Waals surface area contributed by atoms with E-state index in [1.165, 1.54) is 19.3 Å². The average molecular weight is 259 g/mol. The fraction of sp³-hybridized carbons (Fsp3) is 0.533. The lowest BCUT2D eigenvalue weighted by molar-refractivity contribution is 0.520. The molecule has 1 N–H and O–H groups in total. The lowest BCUT2D eigenvalue weighted by Gasteiger charge is -2.22. The van der Waals surface area contributed by atoms with Crippen molar-refractivity contribution in [2.24, 2.45) is 0 Å². The molecular weight excluding hydrogens is 238 g/mol. The number of hydrogen-bond donors (Lipinski definition) is 1.